The molecule has 2 N–H and O–H groups in total. The van der Waals surface area contributed by atoms with Crippen LogP contribution in [-0.4, -0.2) is 23.9 Å². The average molecular weight is 169 g/mol. The van der Waals surface area contributed by atoms with E-state index in [0.717, 1.165) is 25.7 Å². The van der Waals surface area contributed by atoms with Gasteiger partial charge in [0.15, 0.2) is 0 Å². The van der Waals surface area contributed by atoms with Gasteiger partial charge in [-0.25, -0.2) is 0 Å². The van der Waals surface area contributed by atoms with E-state index in [4.69, 9.17) is 11.3 Å². The highest BCUT2D eigenvalue weighted by atomic mass is 16.6. The van der Waals surface area contributed by atoms with Gasteiger partial charge in [0.25, 0.3) is 0 Å². The molecule has 0 spiro atoms. The van der Waals surface area contributed by atoms with Crippen molar-refractivity contribution < 1.29 is 9.94 Å². The van der Waals surface area contributed by atoms with Crippen molar-refractivity contribution in [3.8, 4) is 12.3 Å². The molecule has 0 aromatic rings. The van der Waals surface area contributed by atoms with Crippen LogP contribution in [0.15, 0.2) is 0 Å². The molecule has 0 aromatic heterocycles. The summed E-state index contributed by atoms with van der Waals surface area (Å²) in [6.45, 7) is 0.253. The molecular formula is C9H15NO2. The van der Waals surface area contributed by atoms with Crippen LogP contribution in [0.3, 0.4) is 0 Å². The maximum absolute atomic E-state index is 9.47. The molecule has 1 rings (SSSR count). The highest BCUT2D eigenvalue weighted by Crippen LogP contribution is 2.17. The SMILES string of the molecule is C#CCON[C@H]1CCCC[C@@H]1O. The van der Waals surface area contributed by atoms with Crippen molar-refractivity contribution in [1.29, 1.82) is 0 Å². The first-order valence-corrected chi connectivity index (χ1v) is 4.33. The summed E-state index contributed by atoms with van der Waals surface area (Å²) < 4.78 is 0. The van der Waals surface area contributed by atoms with Crippen molar-refractivity contribution >= 4 is 0 Å². The maximum Gasteiger partial charge on any atom is 0.128 e. The number of aliphatic hydroxyl groups is 1. The van der Waals surface area contributed by atoms with Gasteiger partial charge in [0.2, 0.25) is 0 Å². The predicted octanol–water partition coefficient (Wildman–Crippen LogP) is 0.444. The van der Waals surface area contributed by atoms with Crippen LogP contribution in [0, 0.1) is 12.3 Å². The van der Waals surface area contributed by atoms with E-state index in [1.807, 2.05) is 0 Å². The van der Waals surface area contributed by atoms with Gasteiger partial charge in [-0.15, -0.1) is 6.42 Å². The molecule has 1 fully saturated rings. The van der Waals surface area contributed by atoms with E-state index in [1.165, 1.54) is 0 Å². The quantitative estimate of drug-likeness (QED) is 0.366. The first kappa shape index (κ1) is 9.53. The molecule has 3 heteroatoms. The molecule has 1 saturated carbocycles. The Labute approximate surface area is 73.1 Å². The van der Waals surface area contributed by atoms with Crippen LogP contribution in [0.25, 0.3) is 0 Å². The summed E-state index contributed by atoms with van der Waals surface area (Å²) in [6.07, 6.45) is 8.80. The van der Waals surface area contributed by atoms with Crippen LogP contribution in [-0.2, 0) is 4.84 Å². The number of hydrogen-bond acceptors (Lipinski definition) is 3. The van der Waals surface area contributed by atoms with Gasteiger partial charge < -0.3 is 5.11 Å². The molecule has 0 bridgehead atoms. The van der Waals surface area contributed by atoms with Gasteiger partial charge in [0.05, 0.1) is 12.1 Å². The topological polar surface area (TPSA) is 41.5 Å². The second-order valence-corrected chi connectivity index (χ2v) is 3.07. The van der Waals surface area contributed by atoms with Gasteiger partial charge in [-0.05, 0) is 12.8 Å². The molecule has 0 aliphatic heterocycles. The van der Waals surface area contributed by atoms with E-state index in [2.05, 4.69) is 11.4 Å². The van der Waals surface area contributed by atoms with Gasteiger partial charge in [-0.3, -0.25) is 4.84 Å². The van der Waals surface area contributed by atoms with Crippen molar-refractivity contribution in [1.82, 2.24) is 5.48 Å². The van der Waals surface area contributed by atoms with Crippen molar-refractivity contribution in [3.05, 3.63) is 0 Å². The smallest absolute Gasteiger partial charge is 0.128 e. The molecule has 2 atom stereocenters. The Morgan fingerprint density at radius 3 is 2.92 bits per heavy atom. The molecule has 12 heavy (non-hydrogen) atoms. The third-order valence-electron chi connectivity index (χ3n) is 2.12. The highest BCUT2D eigenvalue weighted by Gasteiger charge is 2.22. The van der Waals surface area contributed by atoms with E-state index in [0.29, 0.717) is 0 Å². The van der Waals surface area contributed by atoms with E-state index >= 15 is 0 Å². The van der Waals surface area contributed by atoms with Crippen LogP contribution < -0.4 is 5.48 Å². The molecule has 0 aromatic carbocycles. The van der Waals surface area contributed by atoms with Gasteiger partial charge in [-0.2, -0.15) is 5.48 Å². The van der Waals surface area contributed by atoms with Crippen LogP contribution >= 0.6 is 0 Å². The van der Waals surface area contributed by atoms with Crippen LogP contribution in [0.2, 0.25) is 0 Å². The Hall–Kier alpha value is -0.560. The maximum atomic E-state index is 9.47. The lowest BCUT2D eigenvalue weighted by atomic mass is 9.93. The summed E-state index contributed by atoms with van der Waals surface area (Å²) in [5, 5.41) is 9.47. The molecule has 0 unspecified atom stereocenters. The zero-order valence-electron chi connectivity index (χ0n) is 7.12. The first-order chi connectivity index (χ1) is 5.84. The number of rotatable bonds is 3. The third kappa shape index (κ3) is 2.82. The second-order valence-electron chi connectivity index (χ2n) is 3.07. The molecular weight excluding hydrogens is 154 g/mol. The van der Waals surface area contributed by atoms with Crippen molar-refractivity contribution in [2.24, 2.45) is 0 Å². The molecule has 1 aliphatic carbocycles. The number of terminal acetylenes is 1. The monoisotopic (exact) mass is 169 g/mol. The Morgan fingerprint density at radius 2 is 2.25 bits per heavy atom. The fraction of sp³-hybridized carbons (Fsp3) is 0.778. The standard InChI is InChI=1S/C9H15NO2/c1-2-7-12-10-8-5-3-4-6-9(8)11/h1,8-11H,3-7H2/t8-,9-/m0/s1. The van der Waals surface area contributed by atoms with E-state index in [9.17, 15) is 5.11 Å². The van der Waals surface area contributed by atoms with Gasteiger partial charge >= 0.3 is 0 Å². The Balaban J connectivity index is 2.16. The lowest BCUT2D eigenvalue weighted by Crippen LogP contribution is -2.42. The minimum Gasteiger partial charge on any atom is -0.391 e. The number of nitrogens with one attached hydrogen (secondary N) is 1. The lowest BCUT2D eigenvalue weighted by molar-refractivity contribution is -0.0233. The van der Waals surface area contributed by atoms with Crippen LogP contribution in [0.5, 0.6) is 0 Å². The normalized spacial score (nSPS) is 29.7. The minimum atomic E-state index is -0.281. The summed E-state index contributed by atoms with van der Waals surface area (Å²) in [7, 11) is 0. The molecule has 0 radical (unpaired) electrons. The van der Waals surface area contributed by atoms with Crippen molar-refractivity contribution in [2.75, 3.05) is 6.61 Å². The lowest BCUT2D eigenvalue weighted by Gasteiger charge is -2.27. The van der Waals surface area contributed by atoms with Gasteiger partial charge in [0, 0.05) is 0 Å². The van der Waals surface area contributed by atoms with E-state index in [1.54, 1.807) is 0 Å². The first-order valence-electron chi connectivity index (χ1n) is 4.33. The van der Waals surface area contributed by atoms with E-state index < -0.39 is 0 Å². The zero-order chi connectivity index (χ0) is 8.81. The Morgan fingerprint density at radius 1 is 1.50 bits per heavy atom. The van der Waals surface area contributed by atoms with Crippen LogP contribution in [0.1, 0.15) is 25.7 Å². The second kappa shape index (κ2) is 5.15. The Kier molecular flexibility index (Phi) is 4.09. The van der Waals surface area contributed by atoms with E-state index in [-0.39, 0.29) is 18.8 Å². The highest BCUT2D eigenvalue weighted by molar-refractivity contribution is 4.83. The average Bonchev–Trinajstić information content (AvgIpc) is 2.09. The number of hydrogen-bond donors (Lipinski definition) is 2. The summed E-state index contributed by atoms with van der Waals surface area (Å²) in [4.78, 5) is 4.95. The summed E-state index contributed by atoms with van der Waals surface area (Å²) in [5.74, 6) is 2.36. The largest absolute Gasteiger partial charge is 0.391 e. The molecule has 0 heterocycles. The minimum absolute atomic E-state index is 0.0621. The molecule has 68 valence electrons. The summed E-state index contributed by atoms with van der Waals surface area (Å²) in [5.41, 5.74) is 2.78. The van der Waals surface area contributed by atoms with Gasteiger partial charge in [0.1, 0.15) is 6.61 Å². The number of hydroxylamine groups is 1. The molecule has 3 nitrogen and oxygen atoms in total. The van der Waals surface area contributed by atoms with Gasteiger partial charge in [-0.1, -0.05) is 18.8 Å². The molecule has 1 aliphatic rings. The fourth-order valence-electron chi connectivity index (χ4n) is 1.44. The third-order valence-corrected chi connectivity index (χ3v) is 2.12. The summed E-state index contributed by atoms with van der Waals surface area (Å²) in [6, 6.07) is 0.0621. The Bertz CT molecular complexity index is 164. The van der Waals surface area contributed by atoms with Crippen molar-refractivity contribution in [2.45, 2.75) is 37.8 Å². The predicted molar refractivity (Wildman–Crippen MR) is 46.2 cm³/mol. The van der Waals surface area contributed by atoms with Crippen molar-refractivity contribution in [3.63, 3.8) is 0 Å². The molecule has 0 saturated heterocycles. The summed E-state index contributed by atoms with van der Waals surface area (Å²) >= 11 is 0. The fourth-order valence-corrected chi connectivity index (χ4v) is 1.44. The van der Waals surface area contributed by atoms with Crippen LogP contribution in [0.4, 0.5) is 0 Å². The number of aliphatic hydroxyl groups excluding tert-OH is 1. The molecule has 0 amide bonds. The zero-order valence-corrected chi connectivity index (χ0v) is 7.12.